The van der Waals surface area contributed by atoms with Crippen molar-refractivity contribution in [1.82, 2.24) is 4.90 Å². The monoisotopic (exact) mass is 293 g/mol. The number of nitrogens with zero attached hydrogens (tertiary/aromatic N) is 1. The van der Waals surface area contributed by atoms with E-state index in [1.807, 2.05) is 6.07 Å². The van der Waals surface area contributed by atoms with Crippen LogP contribution in [0.4, 0.5) is 0 Å². The number of piperidine rings is 1. The number of benzene rings is 1. The summed E-state index contributed by atoms with van der Waals surface area (Å²) in [6.45, 7) is 4.32. The van der Waals surface area contributed by atoms with Gasteiger partial charge in [-0.3, -0.25) is 4.90 Å². The topological polar surface area (TPSA) is 40.2 Å². The van der Waals surface area contributed by atoms with Crippen LogP contribution in [0.5, 0.6) is 11.5 Å². The second kappa shape index (κ2) is 6.22. The van der Waals surface area contributed by atoms with Gasteiger partial charge in [0.25, 0.3) is 0 Å². The summed E-state index contributed by atoms with van der Waals surface area (Å²) in [7, 11) is 3.36. The zero-order chi connectivity index (χ0) is 14.7. The molecular weight excluding hydrogens is 270 g/mol. The van der Waals surface area contributed by atoms with Crippen LogP contribution >= 0.6 is 0 Å². The fourth-order valence-corrected chi connectivity index (χ4v) is 3.05. The van der Waals surface area contributed by atoms with Crippen LogP contribution in [0.1, 0.15) is 18.4 Å². The van der Waals surface area contributed by atoms with E-state index in [-0.39, 0.29) is 5.79 Å². The molecule has 0 unspecified atom stereocenters. The minimum atomic E-state index is -0.303. The van der Waals surface area contributed by atoms with Gasteiger partial charge in [-0.05, 0) is 17.7 Å². The molecule has 116 valence electrons. The average Bonchev–Trinajstić information content (AvgIpc) is 2.98. The predicted molar refractivity (Wildman–Crippen MR) is 78.7 cm³/mol. The molecule has 2 fully saturated rings. The van der Waals surface area contributed by atoms with Crippen LogP contribution in [-0.2, 0) is 16.0 Å². The molecule has 0 aliphatic carbocycles. The van der Waals surface area contributed by atoms with Crippen molar-refractivity contribution in [3.8, 4) is 11.5 Å². The van der Waals surface area contributed by atoms with Crippen molar-refractivity contribution < 1.29 is 18.9 Å². The van der Waals surface area contributed by atoms with Crippen molar-refractivity contribution in [3.05, 3.63) is 23.8 Å². The maximum atomic E-state index is 5.76. The fraction of sp³-hybridized carbons (Fsp3) is 0.625. The molecule has 0 atom stereocenters. The van der Waals surface area contributed by atoms with Gasteiger partial charge in [-0.2, -0.15) is 0 Å². The Labute approximate surface area is 125 Å². The number of rotatable bonds is 4. The van der Waals surface area contributed by atoms with E-state index in [9.17, 15) is 0 Å². The maximum Gasteiger partial charge on any atom is 0.170 e. The molecule has 0 amide bonds. The Kier molecular flexibility index (Phi) is 4.33. The molecule has 5 heteroatoms. The first-order valence-corrected chi connectivity index (χ1v) is 7.45. The normalized spacial score (nSPS) is 21.6. The van der Waals surface area contributed by atoms with Crippen LogP contribution in [0, 0.1) is 0 Å². The molecule has 2 aliphatic rings. The lowest BCUT2D eigenvalue weighted by Crippen LogP contribution is -2.44. The van der Waals surface area contributed by atoms with Gasteiger partial charge in [0.2, 0.25) is 0 Å². The Morgan fingerprint density at radius 3 is 2.10 bits per heavy atom. The van der Waals surface area contributed by atoms with Gasteiger partial charge in [0.1, 0.15) is 11.5 Å². The van der Waals surface area contributed by atoms with Crippen molar-refractivity contribution in [2.24, 2.45) is 0 Å². The summed E-state index contributed by atoms with van der Waals surface area (Å²) in [5.74, 6) is 1.36. The molecule has 1 aromatic rings. The molecular formula is C16H23NO4. The summed E-state index contributed by atoms with van der Waals surface area (Å²) >= 11 is 0. The largest absolute Gasteiger partial charge is 0.497 e. The third-order valence-electron chi connectivity index (χ3n) is 4.25. The van der Waals surface area contributed by atoms with E-state index >= 15 is 0 Å². The number of ether oxygens (including phenoxy) is 4. The lowest BCUT2D eigenvalue weighted by molar-refractivity contribution is -0.185. The van der Waals surface area contributed by atoms with Gasteiger partial charge in [0.15, 0.2) is 5.79 Å². The van der Waals surface area contributed by atoms with Crippen molar-refractivity contribution in [2.45, 2.75) is 25.2 Å². The second-order valence-electron chi connectivity index (χ2n) is 5.60. The zero-order valence-corrected chi connectivity index (χ0v) is 12.8. The van der Waals surface area contributed by atoms with E-state index in [1.54, 1.807) is 14.2 Å². The Bertz CT molecular complexity index is 453. The van der Waals surface area contributed by atoms with Crippen molar-refractivity contribution in [1.29, 1.82) is 0 Å². The quantitative estimate of drug-likeness (QED) is 0.849. The number of hydrogen-bond donors (Lipinski definition) is 0. The highest BCUT2D eigenvalue weighted by Gasteiger charge is 2.39. The lowest BCUT2D eigenvalue weighted by atomic mass is 10.0. The Hall–Kier alpha value is -1.30. The lowest BCUT2D eigenvalue weighted by Gasteiger charge is -2.37. The maximum absolute atomic E-state index is 5.76. The van der Waals surface area contributed by atoms with Crippen LogP contribution in [-0.4, -0.2) is 51.2 Å². The molecule has 0 saturated carbocycles. The Morgan fingerprint density at radius 2 is 1.57 bits per heavy atom. The first-order valence-electron chi connectivity index (χ1n) is 7.45. The number of hydrogen-bond acceptors (Lipinski definition) is 5. The van der Waals surface area contributed by atoms with Gasteiger partial charge >= 0.3 is 0 Å². The van der Waals surface area contributed by atoms with Crippen LogP contribution in [0.25, 0.3) is 0 Å². The smallest absolute Gasteiger partial charge is 0.170 e. The van der Waals surface area contributed by atoms with E-state index in [0.717, 1.165) is 57.2 Å². The minimum Gasteiger partial charge on any atom is -0.497 e. The molecule has 0 radical (unpaired) electrons. The Balaban J connectivity index is 1.62. The van der Waals surface area contributed by atoms with Gasteiger partial charge in [0.05, 0.1) is 27.4 Å². The molecule has 2 aliphatic heterocycles. The summed E-state index contributed by atoms with van der Waals surface area (Å²) < 4.78 is 22.2. The molecule has 1 aromatic carbocycles. The SMILES string of the molecule is COc1cc(CN2CCC3(CC2)OCCO3)cc(OC)c1. The fourth-order valence-electron chi connectivity index (χ4n) is 3.05. The minimum absolute atomic E-state index is 0.303. The molecule has 2 saturated heterocycles. The third kappa shape index (κ3) is 3.31. The van der Waals surface area contributed by atoms with Crippen molar-refractivity contribution >= 4 is 0 Å². The highest BCUT2D eigenvalue weighted by atomic mass is 16.7. The van der Waals surface area contributed by atoms with Crippen molar-refractivity contribution in [2.75, 3.05) is 40.5 Å². The standard InChI is InChI=1S/C16H23NO4/c1-18-14-9-13(10-15(11-14)19-2)12-17-5-3-16(4-6-17)20-7-8-21-16/h9-11H,3-8,12H2,1-2H3. The molecule has 1 spiro atoms. The molecule has 2 heterocycles. The van der Waals surface area contributed by atoms with E-state index in [0.29, 0.717) is 0 Å². The van der Waals surface area contributed by atoms with Gasteiger partial charge in [-0.1, -0.05) is 0 Å². The third-order valence-corrected chi connectivity index (χ3v) is 4.25. The highest BCUT2D eigenvalue weighted by Crippen LogP contribution is 2.32. The summed E-state index contributed by atoms with van der Waals surface area (Å²) in [4.78, 5) is 2.42. The van der Waals surface area contributed by atoms with Gasteiger partial charge < -0.3 is 18.9 Å². The van der Waals surface area contributed by atoms with Gasteiger partial charge in [-0.25, -0.2) is 0 Å². The van der Waals surface area contributed by atoms with E-state index in [1.165, 1.54) is 5.56 Å². The van der Waals surface area contributed by atoms with Crippen LogP contribution in [0.3, 0.4) is 0 Å². The number of methoxy groups -OCH3 is 2. The van der Waals surface area contributed by atoms with Crippen LogP contribution < -0.4 is 9.47 Å². The molecule has 3 rings (SSSR count). The molecule has 0 N–H and O–H groups in total. The highest BCUT2D eigenvalue weighted by molar-refractivity contribution is 5.38. The first-order chi connectivity index (χ1) is 10.2. The van der Waals surface area contributed by atoms with Gasteiger partial charge in [-0.15, -0.1) is 0 Å². The summed E-state index contributed by atoms with van der Waals surface area (Å²) in [6.07, 6.45) is 1.88. The van der Waals surface area contributed by atoms with Crippen molar-refractivity contribution in [3.63, 3.8) is 0 Å². The number of likely N-dealkylation sites (tertiary alicyclic amines) is 1. The van der Waals surface area contributed by atoms with Crippen LogP contribution in [0.2, 0.25) is 0 Å². The molecule has 0 aromatic heterocycles. The Morgan fingerprint density at radius 1 is 1.00 bits per heavy atom. The average molecular weight is 293 g/mol. The first kappa shape index (κ1) is 14.6. The molecule has 0 bridgehead atoms. The predicted octanol–water partition coefficient (Wildman–Crippen LogP) is 2.04. The second-order valence-corrected chi connectivity index (χ2v) is 5.60. The molecule has 5 nitrogen and oxygen atoms in total. The van der Waals surface area contributed by atoms with E-state index in [4.69, 9.17) is 18.9 Å². The molecule has 21 heavy (non-hydrogen) atoms. The zero-order valence-electron chi connectivity index (χ0n) is 12.8. The summed E-state index contributed by atoms with van der Waals surface area (Å²) in [5, 5.41) is 0. The summed E-state index contributed by atoms with van der Waals surface area (Å²) in [6, 6.07) is 6.03. The van der Waals surface area contributed by atoms with E-state index in [2.05, 4.69) is 17.0 Å². The van der Waals surface area contributed by atoms with Gasteiger partial charge in [0, 0.05) is 38.5 Å². The summed E-state index contributed by atoms with van der Waals surface area (Å²) in [5.41, 5.74) is 1.20. The van der Waals surface area contributed by atoms with Crippen LogP contribution in [0.15, 0.2) is 18.2 Å². The van der Waals surface area contributed by atoms with E-state index < -0.39 is 0 Å².